The van der Waals surface area contributed by atoms with Crippen LogP contribution >= 0.6 is 0 Å². The van der Waals surface area contributed by atoms with Crippen molar-refractivity contribution in [3.63, 3.8) is 0 Å². The van der Waals surface area contributed by atoms with E-state index in [1.807, 2.05) is 0 Å². The van der Waals surface area contributed by atoms with Crippen molar-refractivity contribution in [2.45, 2.75) is 19.3 Å². The fourth-order valence-corrected chi connectivity index (χ4v) is 8.30. The van der Waals surface area contributed by atoms with Crippen molar-refractivity contribution in [3.05, 3.63) is 217 Å². The summed E-state index contributed by atoms with van der Waals surface area (Å²) in [6, 6.07) is 73.2. The van der Waals surface area contributed by atoms with Gasteiger partial charge in [-0.3, -0.25) is 0 Å². The highest BCUT2D eigenvalue weighted by atomic mass is 15.1. The van der Waals surface area contributed by atoms with Gasteiger partial charge in [0.15, 0.2) is 0 Å². The summed E-state index contributed by atoms with van der Waals surface area (Å²) in [6.45, 7) is 4.56. The molecule has 1 aliphatic carbocycles. The molecular formula is C55H41N. The maximum absolute atomic E-state index is 2.35. The summed E-state index contributed by atoms with van der Waals surface area (Å²) in [5.41, 5.74) is 15.9. The molecule has 0 N–H and O–H groups in total. The molecule has 1 heteroatoms. The van der Waals surface area contributed by atoms with E-state index in [1.54, 1.807) is 0 Å². The maximum Gasteiger partial charge on any atom is 0.0462 e. The molecular weight excluding hydrogens is 675 g/mol. The largest absolute Gasteiger partial charge is 0.311 e. The standard InChI is InChI=1S/C55H41N/c1-55(2)34-33-50-37-49(25-32-54(50)55)42-13-11-40(12-14-42)41-19-26-51(27-20-41)56(52-28-21-43(22-29-52)47-17-15-38-7-3-5-9-45(38)35-47)53-30-23-44(24-31-53)48-18-16-39-8-4-6-10-46(39)36-48/h3-37H,1-2H3. The Balaban J connectivity index is 0.967. The van der Waals surface area contributed by atoms with Crippen molar-refractivity contribution in [1.29, 1.82) is 0 Å². The first-order valence-electron chi connectivity index (χ1n) is 19.5. The zero-order chi connectivity index (χ0) is 37.6. The predicted molar refractivity (Wildman–Crippen MR) is 240 cm³/mol. The Labute approximate surface area is 329 Å². The minimum atomic E-state index is 0.0993. The van der Waals surface area contributed by atoms with Crippen LogP contribution in [-0.4, -0.2) is 0 Å². The van der Waals surface area contributed by atoms with Gasteiger partial charge < -0.3 is 4.90 Å². The number of benzene rings is 9. The second kappa shape index (κ2) is 13.7. The zero-order valence-electron chi connectivity index (χ0n) is 31.7. The van der Waals surface area contributed by atoms with Crippen LogP contribution < -0.4 is 4.90 Å². The molecule has 0 amide bonds. The number of hydrogen-bond acceptors (Lipinski definition) is 1. The summed E-state index contributed by atoms with van der Waals surface area (Å²) >= 11 is 0. The molecule has 0 heterocycles. The summed E-state index contributed by atoms with van der Waals surface area (Å²) in [6.07, 6.45) is 4.56. The van der Waals surface area contributed by atoms with Crippen LogP contribution in [0.15, 0.2) is 206 Å². The Morgan fingerprint density at radius 2 is 0.661 bits per heavy atom. The van der Waals surface area contributed by atoms with Crippen molar-refractivity contribution in [2.75, 3.05) is 4.90 Å². The van der Waals surface area contributed by atoms with E-state index in [-0.39, 0.29) is 5.41 Å². The first-order chi connectivity index (χ1) is 27.4. The third-order valence-electron chi connectivity index (χ3n) is 11.5. The van der Waals surface area contributed by atoms with Crippen LogP contribution in [0.1, 0.15) is 25.0 Å². The summed E-state index contributed by atoms with van der Waals surface area (Å²) in [5, 5.41) is 5.02. The van der Waals surface area contributed by atoms with Crippen LogP contribution in [0, 0.1) is 0 Å². The smallest absolute Gasteiger partial charge is 0.0462 e. The summed E-state index contributed by atoms with van der Waals surface area (Å²) < 4.78 is 0. The van der Waals surface area contributed by atoms with E-state index in [9.17, 15) is 0 Å². The highest BCUT2D eigenvalue weighted by Crippen LogP contribution is 2.40. The van der Waals surface area contributed by atoms with Crippen molar-refractivity contribution >= 4 is 44.7 Å². The predicted octanol–water partition coefficient (Wildman–Crippen LogP) is 15.4. The van der Waals surface area contributed by atoms with E-state index in [2.05, 4.69) is 231 Å². The molecule has 0 aliphatic heterocycles. The van der Waals surface area contributed by atoms with Crippen LogP contribution in [0.2, 0.25) is 0 Å². The molecule has 10 rings (SSSR count). The highest BCUT2D eigenvalue weighted by molar-refractivity contribution is 5.89. The highest BCUT2D eigenvalue weighted by Gasteiger charge is 2.24. The monoisotopic (exact) mass is 715 g/mol. The molecule has 9 aromatic rings. The lowest BCUT2D eigenvalue weighted by Crippen LogP contribution is -2.10. The lowest BCUT2D eigenvalue weighted by Gasteiger charge is -2.26. The number of fused-ring (bicyclic) bond motifs is 3. The van der Waals surface area contributed by atoms with Gasteiger partial charge in [-0.25, -0.2) is 0 Å². The van der Waals surface area contributed by atoms with E-state index >= 15 is 0 Å². The Morgan fingerprint density at radius 3 is 1.11 bits per heavy atom. The number of rotatable bonds is 7. The molecule has 0 spiro atoms. The van der Waals surface area contributed by atoms with Gasteiger partial charge in [-0.15, -0.1) is 0 Å². The van der Waals surface area contributed by atoms with E-state index in [0.29, 0.717) is 0 Å². The Kier molecular flexibility index (Phi) is 8.23. The van der Waals surface area contributed by atoms with Crippen molar-refractivity contribution in [2.24, 2.45) is 0 Å². The molecule has 0 fully saturated rings. The van der Waals surface area contributed by atoms with Gasteiger partial charge in [0.25, 0.3) is 0 Å². The SMILES string of the molecule is CC1(C)C=Cc2cc(-c3ccc(-c4ccc(N(c5ccc(-c6ccc7ccccc7c6)cc5)c5ccc(-c6ccc7ccccc7c6)cc5)cc4)cc3)ccc21. The summed E-state index contributed by atoms with van der Waals surface area (Å²) in [7, 11) is 0. The molecule has 1 aliphatic rings. The Morgan fingerprint density at radius 1 is 0.321 bits per heavy atom. The average Bonchev–Trinajstić information content (AvgIpc) is 3.57. The average molecular weight is 716 g/mol. The van der Waals surface area contributed by atoms with E-state index < -0.39 is 0 Å². The summed E-state index contributed by atoms with van der Waals surface area (Å²) in [5.74, 6) is 0. The molecule has 0 atom stereocenters. The third-order valence-corrected chi connectivity index (χ3v) is 11.5. The van der Waals surface area contributed by atoms with Crippen LogP contribution in [-0.2, 0) is 5.41 Å². The van der Waals surface area contributed by atoms with Crippen molar-refractivity contribution in [1.82, 2.24) is 0 Å². The van der Waals surface area contributed by atoms with Crippen LogP contribution in [0.25, 0.3) is 72.1 Å². The molecule has 0 saturated heterocycles. The molecule has 1 nitrogen and oxygen atoms in total. The zero-order valence-corrected chi connectivity index (χ0v) is 31.7. The van der Waals surface area contributed by atoms with Gasteiger partial charge in [-0.1, -0.05) is 172 Å². The van der Waals surface area contributed by atoms with Crippen molar-refractivity contribution < 1.29 is 0 Å². The number of anilines is 3. The second-order valence-electron chi connectivity index (χ2n) is 15.5. The molecule has 0 bridgehead atoms. The Hall–Kier alpha value is -6.96. The molecule has 0 aromatic heterocycles. The third kappa shape index (κ3) is 6.28. The minimum Gasteiger partial charge on any atom is -0.311 e. The lowest BCUT2D eigenvalue weighted by molar-refractivity contribution is 0.683. The van der Waals surface area contributed by atoms with Crippen LogP contribution in [0.4, 0.5) is 17.1 Å². The maximum atomic E-state index is 2.35. The van der Waals surface area contributed by atoms with Crippen molar-refractivity contribution in [3.8, 4) is 44.5 Å². The molecule has 0 radical (unpaired) electrons. The molecule has 9 aromatic carbocycles. The normalized spacial score (nSPS) is 12.9. The lowest BCUT2D eigenvalue weighted by atomic mass is 9.86. The Bertz CT molecular complexity index is 2770. The van der Waals surface area contributed by atoms with E-state index in [1.165, 1.54) is 77.2 Å². The summed E-state index contributed by atoms with van der Waals surface area (Å²) in [4.78, 5) is 2.35. The molecule has 266 valence electrons. The van der Waals surface area contributed by atoms with Crippen LogP contribution in [0.5, 0.6) is 0 Å². The van der Waals surface area contributed by atoms with Gasteiger partial charge in [0.05, 0.1) is 0 Å². The first kappa shape index (κ1) is 33.6. The van der Waals surface area contributed by atoms with E-state index in [4.69, 9.17) is 0 Å². The molecule has 56 heavy (non-hydrogen) atoms. The van der Waals surface area contributed by atoms with Gasteiger partial charge in [0.1, 0.15) is 0 Å². The van der Waals surface area contributed by atoms with Gasteiger partial charge in [0, 0.05) is 22.5 Å². The number of hydrogen-bond donors (Lipinski definition) is 0. The first-order valence-corrected chi connectivity index (χ1v) is 19.5. The van der Waals surface area contributed by atoms with E-state index in [0.717, 1.165) is 17.1 Å². The van der Waals surface area contributed by atoms with Crippen LogP contribution in [0.3, 0.4) is 0 Å². The quantitative estimate of drug-likeness (QED) is 0.159. The van der Waals surface area contributed by atoms with Gasteiger partial charge in [-0.2, -0.15) is 0 Å². The molecule has 0 unspecified atom stereocenters. The fraction of sp³-hybridized carbons (Fsp3) is 0.0545. The second-order valence-corrected chi connectivity index (χ2v) is 15.5. The molecule has 0 saturated carbocycles. The van der Waals surface area contributed by atoms with Gasteiger partial charge >= 0.3 is 0 Å². The minimum absolute atomic E-state index is 0.0993. The number of allylic oxidation sites excluding steroid dienone is 1. The topological polar surface area (TPSA) is 3.24 Å². The number of nitrogens with zero attached hydrogens (tertiary/aromatic N) is 1. The van der Waals surface area contributed by atoms with Gasteiger partial charge in [-0.05, 0) is 132 Å². The van der Waals surface area contributed by atoms with Gasteiger partial charge in [0.2, 0.25) is 0 Å². The fourth-order valence-electron chi connectivity index (χ4n) is 8.30.